The van der Waals surface area contributed by atoms with E-state index in [1.54, 1.807) is 23.9 Å². The first kappa shape index (κ1) is 15.9. The van der Waals surface area contributed by atoms with Gasteiger partial charge in [0.15, 0.2) is 9.84 Å². The predicted molar refractivity (Wildman–Crippen MR) is 89.8 cm³/mol. The summed E-state index contributed by atoms with van der Waals surface area (Å²) >= 11 is 1.70. The molecule has 0 radical (unpaired) electrons. The van der Waals surface area contributed by atoms with Gasteiger partial charge < -0.3 is 5.32 Å². The van der Waals surface area contributed by atoms with Gasteiger partial charge in [-0.1, -0.05) is 18.2 Å². The molecule has 0 aliphatic heterocycles. The van der Waals surface area contributed by atoms with E-state index in [2.05, 4.69) is 24.4 Å². The first-order valence-corrected chi connectivity index (χ1v) is 9.72. The van der Waals surface area contributed by atoms with Crippen molar-refractivity contribution in [2.24, 2.45) is 0 Å². The number of benzene rings is 2. The van der Waals surface area contributed by atoms with Crippen LogP contribution in [-0.2, 0) is 9.84 Å². The molecule has 0 bridgehead atoms. The van der Waals surface area contributed by atoms with Crippen molar-refractivity contribution in [2.75, 3.05) is 17.8 Å². The smallest absolute Gasteiger partial charge is 0.175 e. The molecule has 1 unspecified atom stereocenters. The van der Waals surface area contributed by atoms with E-state index in [0.717, 1.165) is 11.3 Å². The van der Waals surface area contributed by atoms with E-state index in [4.69, 9.17) is 0 Å². The molecule has 0 heterocycles. The zero-order valence-corrected chi connectivity index (χ0v) is 14.0. The van der Waals surface area contributed by atoms with E-state index in [9.17, 15) is 8.42 Å². The summed E-state index contributed by atoms with van der Waals surface area (Å²) in [5.74, 6) is 0. The van der Waals surface area contributed by atoms with Crippen LogP contribution in [0.4, 0.5) is 5.69 Å². The van der Waals surface area contributed by atoms with Crippen LogP contribution in [-0.4, -0.2) is 20.9 Å². The van der Waals surface area contributed by atoms with Crippen LogP contribution in [0, 0.1) is 0 Å². The van der Waals surface area contributed by atoms with Gasteiger partial charge in [0, 0.05) is 22.9 Å². The molecule has 2 aromatic rings. The third kappa shape index (κ3) is 4.25. The second kappa shape index (κ2) is 6.54. The van der Waals surface area contributed by atoms with Gasteiger partial charge in [-0.2, -0.15) is 0 Å². The van der Waals surface area contributed by atoms with Crippen LogP contribution >= 0.6 is 11.8 Å². The van der Waals surface area contributed by atoms with Crippen molar-refractivity contribution < 1.29 is 8.42 Å². The second-order valence-corrected chi connectivity index (χ2v) is 7.83. The van der Waals surface area contributed by atoms with Crippen LogP contribution < -0.4 is 5.32 Å². The molecule has 1 N–H and O–H groups in total. The fraction of sp³-hybridized carbons (Fsp3) is 0.250. The Morgan fingerprint density at radius 3 is 2.33 bits per heavy atom. The second-order valence-electron chi connectivity index (χ2n) is 4.94. The Labute approximate surface area is 130 Å². The fourth-order valence-corrected chi connectivity index (χ4v) is 3.14. The van der Waals surface area contributed by atoms with Crippen molar-refractivity contribution in [2.45, 2.75) is 22.8 Å². The maximum atomic E-state index is 11.5. The monoisotopic (exact) mass is 321 g/mol. The Morgan fingerprint density at radius 1 is 1.10 bits per heavy atom. The van der Waals surface area contributed by atoms with Crippen LogP contribution in [0.25, 0.3) is 0 Å². The topological polar surface area (TPSA) is 46.2 Å². The quantitative estimate of drug-likeness (QED) is 0.846. The maximum absolute atomic E-state index is 11.5. The maximum Gasteiger partial charge on any atom is 0.175 e. The third-order valence-electron chi connectivity index (χ3n) is 3.26. The van der Waals surface area contributed by atoms with E-state index < -0.39 is 9.84 Å². The van der Waals surface area contributed by atoms with Gasteiger partial charge >= 0.3 is 0 Å². The Balaban J connectivity index is 2.14. The molecular weight excluding hydrogens is 302 g/mol. The van der Waals surface area contributed by atoms with Crippen molar-refractivity contribution in [1.29, 1.82) is 0 Å². The lowest BCUT2D eigenvalue weighted by Gasteiger charge is -2.16. The molecule has 0 aliphatic carbocycles. The van der Waals surface area contributed by atoms with Gasteiger partial charge in [0.1, 0.15) is 0 Å². The first-order valence-electron chi connectivity index (χ1n) is 6.61. The van der Waals surface area contributed by atoms with E-state index >= 15 is 0 Å². The van der Waals surface area contributed by atoms with Crippen LogP contribution in [0.1, 0.15) is 18.5 Å². The van der Waals surface area contributed by atoms with Crippen molar-refractivity contribution in [1.82, 2.24) is 0 Å². The van der Waals surface area contributed by atoms with Gasteiger partial charge in [0.25, 0.3) is 0 Å². The van der Waals surface area contributed by atoms with E-state index in [-0.39, 0.29) is 6.04 Å². The number of sulfone groups is 1. The van der Waals surface area contributed by atoms with Crippen molar-refractivity contribution in [3.63, 3.8) is 0 Å². The number of nitrogens with one attached hydrogen (secondary N) is 1. The Kier molecular flexibility index (Phi) is 4.96. The van der Waals surface area contributed by atoms with Crippen LogP contribution in [0.15, 0.2) is 58.3 Å². The molecule has 3 nitrogen and oxygen atoms in total. The molecule has 112 valence electrons. The molecule has 0 amide bonds. The Morgan fingerprint density at radius 2 is 1.76 bits per heavy atom. The summed E-state index contributed by atoms with van der Waals surface area (Å²) in [7, 11) is -3.14. The molecule has 21 heavy (non-hydrogen) atoms. The normalized spacial score (nSPS) is 12.9. The molecular formula is C16H19NO2S2. The summed E-state index contributed by atoms with van der Waals surface area (Å²) in [6, 6.07) is 15.3. The molecule has 0 aromatic heterocycles. The number of hydrogen-bond donors (Lipinski definition) is 1. The van der Waals surface area contributed by atoms with Gasteiger partial charge in [-0.05, 0) is 49.1 Å². The van der Waals surface area contributed by atoms with Crippen molar-refractivity contribution in [3.05, 3.63) is 54.1 Å². The third-order valence-corrected chi connectivity index (χ3v) is 5.11. The molecule has 0 aliphatic rings. The molecule has 0 spiro atoms. The first-order chi connectivity index (χ1) is 9.90. The van der Waals surface area contributed by atoms with Crippen molar-refractivity contribution in [3.8, 4) is 0 Å². The average Bonchev–Trinajstić information content (AvgIpc) is 2.46. The number of thioether (sulfide) groups is 1. The lowest BCUT2D eigenvalue weighted by Crippen LogP contribution is -2.07. The SMILES string of the molecule is CSc1cccc(NC(C)c2ccc(S(C)(=O)=O)cc2)c1. The van der Waals surface area contributed by atoms with Crippen LogP contribution in [0.2, 0.25) is 0 Å². The zero-order chi connectivity index (χ0) is 15.5. The highest BCUT2D eigenvalue weighted by Crippen LogP contribution is 2.24. The summed E-state index contributed by atoms with van der Waals surface area (Å²) in [6.07, 6.45) is 3.27. The zero-order valence-electron chi connectivity index (χ0n) is 12.3. The molecule has 1 atom stereocenters. The molecule has 5 heteroatoms. The molecule has 0 saturated carbocycles. The minimum atomic E-state index is -3.14. The summed E-state index contributed by atoms with van der Waals surface area (Å²) in [6.45, 7) is 2.06. The highest BCUT2D eigenvalue weighted by Gasteiger charge is 2.09. The molecule has 2 rings (SSSR count). The lowest BCUT2D eigenvalue weighted by atomic mass is 10.1. The highest BCUT2D eigenvalue weighted by molar-refractivity contribution is 7.98. The van der Waals surface area contributed by atoms with E-state index in [1.807, 2.05) is 30.5 Å². The van der Waals surface area contributed by atoms with Gasteiger partial charge in [0.05, 0.1) is 4.90 Å². The highest BCUT2D eigenvalue weighted by atomic mass is 32.2. The standard InChI is InChI=1S/C16H19NO2S2/c1-12(17-14-5-4-6-15(11-14)20-2)13-7-9-16(10-8-13)21(3,18)19/h4-12,17H,1-3H3. The van der Waals surface area contributed by atoms with Gasteiger partial charge in [0.2, 0.25) is 0 Å². The number of hydrogen-bond acceptors (Lipinski definition) is 4. The number of rotatable bonds is 5. The minimum absolute atomic E-state index is 0.107. The lowest BCUT2D eigenvalue weighted by molar-refractivity contribution is 0.602. The van der Waals surface area contributed by atoms with Crippen LogP contribution in [0.5, 0.6) is 0 Å². The molecule has 0 fully saturated rings. The van der Waals surface area contributed by atoms with E-state index in [0.29, 0.717) is 4.90 Å². The Hall–Kier alpha value is -1.46. The van der Waals surface area contributed by atoms with Gasteiger partial charge in [-0.3, -0.25) is 0 Å². The summed E-state index contributed by atoms with van der Waals surface area (Å²) in [5, 5.41) is 3.43. The Bertz CT molecular complexity index is 709. The summed E-state index contributed by atoms with van der Waals surface area (Å²) < 4.78 is 22.9. The van der Waals surface area contributed by atoms with E-state index in [1.165, 1.54) is 11.2 Å². The largest absolute Gasteiger partial charge is 0.378 e. The van der Waals surface area contributed by atoms with Crippen LogP contribution in [0.3, 0.4) is 0 Å². The predicted octanol–water partition coefficient (Wildman–Crippen LogP) is 3.99. The summed E-state index contributed by atoms with van der Waals surface area (Å²) in [4.78, 5) is 1.56. The summed E-state index contributed by atoms with van der Waals surface area (Å²) in [5.41, 5.74) is 2.11. The molecule has 2 aromatic carbocycles. The average molecular weight is 321 g/mol. The fourth-order valence-electron chi connectivity index (χ4n) is 2.05. The van der Waals surface area contributed by atoms with Crippen molar-refractivity contribution >= 4 is 27.3 Å². The minimum Gasteiger partial charge on any atom is -0.378 e. The number of anilines is 1. The van der Waals surface area contributed by atoms with Gasteiger partial charge in [-0.25, -0.2) is 8.42 Å². The molecule has 0 saturated heterocycles. The van der Waals surface area contributed by atoms with Gasteiger partial charge in [-0.15, -0.1) is 11.8 Å².